The van der Waals surface area contributed by atoms with Crippen LogP contribution in [0.5, 0.6) is 11.5 Å². The van der Waals surface area contributed by atoms with Gasteiger partial charge in [-0.15, -0.1) is 0 Å². The maximum Gasteiger partial charge on any atom is 0.351 e. The van der Waals surface area contributed by atoms with Crippen LogP contribution in [-0.4, -0.2) is 74.0 Å². The first kappa shape index (κ1) is 32.3. The second-order valence-corrected chi connectivity index (χ2v) is 9.71. The molecule has 12 nitrogen and oxygen atoms in total. The van der Waals surface area contributed by atoms with Gasteiger partial charge in [-0.3, -0.25) is 0 Å². The zero-order valence-electron chi connectivity index (χ0n) is 22.2. The number of hydrogen-bond donors (Lipinski definition) is 4. The van der Waals surface area contributed by atoms with Crippen molar-refractivity contribution in [3.63, 3.8) is 0 Å². The number of benzene rings is 2. The summed E-state index contributed by atoms with van der Waals surface area (Å²) >= 11 is 6.40. The molecule has 2 aromatic carbocycles. The van der Waals surface area contributed by atoms with Crippen molar-refractivity contribution in [1.29, 1.82) is 0 Å². The smallest absolute Gasteiger partial charge is 0.351 e. The Hall–Kier alpha value is -3.87. The first-order valence-corrected chi connectivity index (χ1v) is 12.9. The molecule has 1 saturated heterocycles. The molecule has 0 radical (unpaired) electrons. The lowest BCUT2D eigenvalue weighted by molar-refractivity contribution is -0.998. The van der Waals surface area contributed by atoms with Crippen molar-refractivity contribution >= 4 is 35.5 Å². The van der Waals surface area contributed by atoms with Gasteiger partial charge in [-0.2, -0.15) is 0 Å². The van der Waals surface area contributed by atoms with E-state index in [0.717, 1.165) is 36.0 Å². The molecule has 0 saturated carbocycles. The van der Waals surface area contributed by atoms with Crippen LogP contribution in [0.3, 0.4) is 0 Å². The lowest BCUT2D eigenvalue weighted by Gasteiger charge is -2.37. The van der Waals surface area contributed by atoms with Crippen molar-refractivity contribution in [2.75, 3.05) is 33.9 Å². The summed E-state index contributed by atoms with van der Waals surface area (Å²) in [5.74, 6) is -6.33. The van der Waals surface area contributed by atoms with E-state index in [1.54, 1.807) is 24.0 Å². The molecule has 13 heteroatoms. The average molecular weight is 581 g/mol. The van der Waals surface area contributed by atoms with Gasteiger partial charge in [0.05, 0.1) is 27.3 Å². The SMILES string of the molecule is COc1cc2c(cc1OC)C[NH+](C1CCC[NH+](Cc3ccccc3Cl)C1)CC2.O=C([O-])C(=O)O.O=C([O-])C(=O)O. The maximum atomic E-state index is 9.04. The van der Waals surface area contributed by atoms with Crippen LogP contribution in [0.2, 0.25) is 5.02 Å². The minimum atomic E-state index is -2.07. The minimum absolute atomic E-state index is 0.715. The molecule has 0 spiro atoms. The summed E-state index contributed by atoms with van der Waals surface area (Å²) in [4.78, 5) is 39.4. The highest BCUT2D eigenvalue weighted by Gasteiger charge is 2.34. The number of ether oxygens (including phenoxy) is 2. The van der Waals surface area contributed by atoms with Gasteiger partial charge in [0.15, 0.2) is 23.4 Å². The molecule has 3 atom stereocenters. The van der Waals surface area contributed by atoms with Crippen molar-refractivity contribution in [3.05, 3.63) is 58.1 Å². The van der Waals surface area contributed by atoms with Crippen molar-refractivity contribution in [2.24, 2.45) is 0 Å². The number of nitrogens with one attached hydrogen (secondary N) is 2. The summed E-state index contributed by atoms with van der Waals surface area (Å²) in [6.07, 6.45) is 3.73. The topological polar surface area (TPSA) is 182 Å². The van der Waals surface area contributed by atoms with Gasteiger partial charge in [0.1, 0.15) is 25.7 Å². The van der Waals surface area contributed by atoms with Gasteiger partial charge in [-0.25, -0.2) is 9.59 Å². The number of halogens is 1. The van der Waals surface area contributed by atoms with E-state index in [-0.39, 0.29) is 0 Å². The molecule has 218 valence electrons. The number of rotatable bonds is 5. The Bertz CT molecular complexity index is 1160. The highest BCUT2D eigenvalue weighted by molar-refractivity contribution is 6.31. The number of hydrogen-bond acceptors (Lipinski definition) is 8. The van der Waals surface area contributed by atoms with E-state index in [9.17, 15) is 0 Å². The van der Waals surface area contributed by atoms with Crippen LogP contribution >= 0.6 is 11.6 Å². The summed E-state index contributed by atoms with van der Waals surface area (Å²) < 4.78 is 11.0. The molecular weight excluding hydrogens is 548 g/mol. The first-order valence-electron chi connectivity index (χ1n) is 12.5. The number of piperidine rings is 1. The third-order valence-corrected chi connectivity index (χ3v) is 7.15. The van der Waals surface area contributed by atoms with Crippen LogP contribution in [0.1, 0.15) is 29.5 Å². The van der Waals surface area contributed by atoms with E-state index >= 15 is 0 Å². The monoisotopic (exact) mass is 580 g/mol. The number of likely N-dealkylation sites (tertiary alicyclic amines) is 1. The van der Waals surface area contributed by atoms with Crippen LogP contribution < -0.4 is 29.5 Å². The molecular formula is C27H33ClN2O10. The maximum absolute atomic E-state index is 9.04. The van der Waals surface area contributed by atoms with Crippen molar-refractivity contribution in [1.82, 2.24) is 0 Å². The van der Waals surface area contributed by atoms with E-state index < -0.39 is 23.9 Å². The molecule has 4 N–H and O–H groups in total. The van der Waals surface area contributed by atoms with Crippen LogP contribution in [-0.2, 0) is 38.7 Å². The highest BCUT2D eigenvalue weighted by Crippen LogP contribution is 2.31. The normalized spacial score (nSPS) is 19.3. The Morgan fingerprint density at radius 1 is 0.950 bits per heavy atom. The third-order valence-electron chi connectivity index (χ3n) is 6.78. The second kappa shape index (κ2) is 15.7. The summed E-state index contributed by atoms with van der Waals surface area (Å²) in [5, 5.41) is 33.5. The number of aliphatic carboxylic acids is 4. The van der Waals surface area contributed by atoms with Crippen LogP contribution in [0, 0.1) is 0 Å². The number of carbonyl (C=O) groups excluding carboxylic acids is 2. The number of carboxylic acids is 4. The highest BCUT2D eigenvalue weighted by atomic mass is 35.5. The molecule has 2 aliphatic heterocycles. The number of methoxy groups -OCH3 is 2. The molecule has 4 rings (SSSR count). The Labute approximate surface area is 236 Å². The molecule has 0 aromatic heterocycles. The van der Waals surface area contributed by atoms with Gasteiger partial charge < -0.3 is 49.3 Å². The van der Waals surface area contributed by atoms with E-state index in [2.05, 4.69) is 24.3 Å². The fourth-order valence-electron chi connectivity index (χ4n) is 4.91. The molecule has 40 heavy (non-hydrogen) atoms. The molecule has 2 aliphatic rings. The number of carbonyl (C=O) groups is 4. The van der Waals surface area contributed by atoms with E-state index in [1.807, 2.05) is 12.1 Å². The van der Waals surface area contributed by atoms with Gasteiger partial charge in [-0.05, 0) is 23.8 Å². The molecule has 0 aliphatic carbocycles. The van der Waals surface area contributed by atoms with Crippen molar-refractivity contribution < 1.29 is 58.9 Å². The number of fused-ring (bicyclic) bond motifs is 1. The largest absolute Gasteiger partial charge is 0.539 e. The number of carboxylic acid groups (broad SMARTS) is 4. The third kappa shape index (κ3) is 9.70. The Kier molecular flexibility index (Phi) is 12.7. The van der Waals surface area contributed by atoms with Crippen molar-refractivity contribution in [2.45, 2.75) is 38.4 Å². The second-order valence-electron chi connectivity index (χ2n) is 9.31. The molecule has 2 aromatic rings. The first-order chi connectivity index (χ1) is 19.0. The predicted octanol–water partition coefficient (Wildman–Crippen LogP) is -2.81. The standard InChI is InChI=1S/C23H29ClN2O2.2C2H2O4/c1-27-22-12-17-9-11-26(15-19(17)13-23(22)28-2)20-7-5-10-25(16-20)14-18-6-3-4-8-21(18)24;2*3-1(4)2(5)6/h3-4,6,8,12-13,20H,5,7,9-11,14-16H2,1-2H3;2*(H,3,4)(H,5,6). The summed E-state index contributed by atoms with van der Waals surface area (Å²) in [5.41, 5.74) is 4.10. The molecule has 3 unspecified atom stereocenters. The predicted molar refractivity (Wildman–Crippen MR) is 137 cm³/mol. The summed E-state index contributed by atoms with van der Waals surface area (Å²) in [6.45, 7) is 5.79. The molecule has 0 amide bonds. The van der Waals surface area contributed by atoms with Crippen LogP contribution in [0.15, 0.2) is 36.4 Å². The van der Waals surface area contributed by atoms with Gasteiger partial charge in [0, 0.05) is 35.4 Å². The van der Waals surface area contributed by atoms with E-state index in [4.69, 9.17) is 60.7 Å². The van der Waals surface area contributed by atoms with Gasteiger partial charge in [-0.1, -0.05) is 29.8 Å². The molecule has 2 heterocycles. The fourth-order valence-corrected chi connectivity index (χ4v) is 5.11. The quantitative estimate of drug-likeness (QED) is 0.269. The lowest BCUT2D eigenvalue weighted by Crippen LogP contribution is -3.24. The van der Waals surface area contributed by atoms with Crippen molar-refractivity contribution in [3.8, 4) is 11.5 Å². The minimum Gasteiger partial charge on any atom is -0.539 e. The zero-order chi connectivity index (χ0) is 29.8. The van der Waals surface area contributed by atoms with Gasteiger partial charge in [0.2, 0.25) is 0 Å². The van der Waals surface area contributed by atoms with Crippen LogP contribution in [0.25, 0.3) is 0 Å². The zero-order valence-corrected chi connectivity index (χ0v) is 23.0. The van der Waals surface area contributed by atoms with Gasteiger partial charge >= 0.3 is 11.9 Å². The van der Waals surface area contributed by atoms with E-state index in [0.29, 0.717) is 6.04 Å². The molecule has 0 bridgehead atoms. The lowest BCUT2D eigenvalue weighted by atomic mass is 9.95. The number of quaternary nitrogens is 2. The average Bonchev–Trinajstić information content (AvgIpc) is 2.94. The van der Waals surface area contributed by atoms with E-state index in [1.165, 1.54) is 49.2 Å². The molecule has 1 fully saturated rings. The van der Waals surface area contributed by atoms with Crippen LogP contribution in [0.4, 0.5) is 0 Å². The Morgan fingerprint density at radius 2 is 1.50 bits per heavy atom. The summed E-state index contributed by atoms with van der Waals surface area (Å²) in [7, 11) is 3.43. The Balaban J connectivity index is 0.000000393. The van der Waals surface area contributed by atoms with Gasteiger partial charge in [0.25, 0.3) is 0 Å². The Morgan fingerprint density at radius 3 is 2.02 bits per heavy atom. The fraction of sp³-hybridized carbons (Fsp3) is 0.407. The summed E-state index contributed by atoms with van der Waals surface area (Å²) in [6, 6.07) is 13.3.